The van der Waals surface area contributed by atoms with Crippen LogP contribution in [0.1, 0.15) is 5.82 Å². The first kappa shape index (κ1) is 15.8. The van der Waals surface area contributed by atoms with Crippen molar-refractivity contribution in [2.45, 2.75) is 13.5 Å². The number of amides is 2. The normalized spacial score (nSPS) is 16.2. The van der Waals surface area contributed by atoms with E-state index in [2.05, 4.69) is 19.8 Å². The maximum atomic E-state index is 11.9. The lowest BCUT2D eigenvalue weighted by atomic mass is 10.3. The summed E-state index contributed by atoms with van der Waals surface area (Å²) in [5.74, 6) is 1.05. The van der Waals surface area contributed by atoms with Crippen LogP contribution in [0.15, 0.2) is 12.4 Å². The van der Waals surface area contributed by atoms with E-state index in [1.165, 1.54) is 0 Å². The number of ether oxygens (including phenoxy) is 1. The zero-order valence-corrected chi connectivity index (χ0v) is 12.9. The molecule has 1 aromatic rings. The summed E-state index contributed by atoms with van der Waals surface area (Å²) in [6.07, 6.45) is 3.84. The Morgan fingerprint density at radius 3 is 2.71 bits per heavy atom. The van der Waals surface area contributed by atoms with Gasteiger partial charge in [-0.15, -0.1) is 0 Å². The summed E-state index contributed by atoms with van der Waals surface area (Å²) in [5, 5.41) is 2.86. The lowest BCUT2D eigenvalue weighted by Gasteiger charge is -2.34. The number of nitrogens with zero attached hydrogens (tertiary/aromatic N) is 4. The fourth-order valence-corrected chi connectivity index (χ4v) is 2.44. The number of methoxy groups -OCH3 is 1. The molecule has 1 fully saturated rings. The van der Waals surface area contributed by atoms with Crippen LogP contribution in [0.5, 0.6) is 0 Å². The van der Waals surface area contributed by atoms with Gasteiger partial charge in [0.25, 0.3) is 0 Å². The third-order valence-electron chi connectivity index (χ3n) is 3.82. The second-order valence-electron chi connectivity index (χ2n) is 5.22. The van der Waals surface area contributed by atoms with Crippen molar-refractivity contribution < 1.29 is 9.53 Å². The molecular formula is C14H25N5O2. The van der Waals surface area contributed by atoms with Crippen LogP contribution in [0.2, 0.25) is 0 Å². The highest BCUT2D eigenvalue weighted by Gasteiger charge is 2.20. The minimum atomic E-state index is 0.0113. The summed E-state index contributed by atoms with van der Waals surface area (Å²) in [6, 6.07) is 0.0113. The minimum absolute atomic E-state index is 0.0113. The average molecular weight is 295 g/mol. The van der Waals surface area contributed by atoms with Gasteiger partial charge in [-0.25, -0.2) is 9.78 Å². The maximum Gasteiger partial charge on any atom is 0.317 e. The predicted molar refractivity (Wildman–Crippen MR) is 80.3 cm³/mol. The van der Waals surface area contributed by atoms with E-state index in [0.29, 0.717) is 13.2 Å². The molecule has 0 radical (unpaired) electrons. The van der Waals surface area contributed by atoms with E-state index in [9.17, 15) is 4.79 Å². The third kappa shape index (κ3) is 4.71. The van der Waals surface area contributed by atoms with Gasteiger partial charge in [-0.2, -0.15) is 0 Å². The fourth-order valence-electron chi connectivity index (χ4n) is 2.44. The van der Waals surface area contributed by atoms with E-state index in [0.717, 1.165) is 45.1 Å². The van der Waals surface area contributed by atoms with Gasteiger partial charge < -0.3 is 19.5 Å². The second-order valence-corrected chi connectivity index (χ2v) is 5.22. The molecule has 0 spiro atoms. The van der Waals surface area contributed by atoms with Crippen LogP contribution in [0, 0.1) is 6.92 Å². The molecule has 1 saturated heterocycles. The van der Waals surface area contributed by atoms with Gasteiger partial charge in [0, 0.05) is 65.3 Å². The Morgan fingerprint density at radius 1 is 1.33 bits per heavy atom. The first-order valence-electron chi connectivity index (χ1n) is 7.42. The lowest BCUT2D eigenvalue weighted by Crippen LogP contribution is -2.52. The van der Waals surface area contributed by atoms with Crippen LogP contribution in [-0.2, 0) is 11.3 Å². The molecule has 7 heteroatoms. The number of nitrogens with one attached hydrogen (secondary N) is 1. The molecule has 21 heavy (non-hydrogen) atoms. The Bertz CT molecular complexity index is 440. The van der Waals surface area contributed by atoms with Crippen molar-refractivity contribution in [2.24, 2.45) is 0 Å². The average Bonchev–Trinajstić information content (AvgIpc) is 2.91. The smallest absolute Gasteiger partial charge is 0.317 e. The van der Waals surface area contributed by atoms with Crippen LogP contribution in [0.25, 0.3) is 0 Å². The van der Waals surface area contributed by atoms with Gasteiger partial charge in [0.2, 0.25) is 0 Å². The van der Waals surface area contributed by atoms with Crippen molar-refractivity contribution in [2.75, 3.05) is 53.0 Å². The number of urea groups is 1. The molecule has 1 aliphatic rings. The van der Waals surface area contributed by atoms with Crippen LogP contribution in [0.4, 0.5) is 4.79 Å². The highest BCUT2D eigenvalue weighted by molar-refractivity contribution is 5.74. The van der Waals surface area contributed by atoms with E-state index in [4.69, 9.17) is 4.74 Å². The molecular weight excluding hydrogens is 270 g/mol. The topological polar surface area (TPSA) is 62.6 Å². The van der Waals surface area contributed by atoms with Gasteiger partial charge in [-0.3, -0.25) is 4.90 Å². The SMILES string of the molecule is COCCNC(=O)N1CCN(CCn2ccnc2C)CC1. The summed E-state index contributed by atoms with van der Waals surface area (Å²) in [4.78, 5) is 20.4. The molecule has 0 aromatic carbocycles. The zero-order valence-electron chi connectivity index (χ0n) is 12.9. The first-order valence-corrected chi connectivity index (χ1v) is 7.42. The van der Waals surface area contributed by atoms with E-state index in [1.807, 2.05) is 24.2 Å². The van der Waals surface area contributed by atoms with E-state index >= 15 is 0 Å². The van der Waals surface area contributed by atoms with Crippen molar-refractivity contribution in [3.05, 3.63) is 18.2 Å². The van der Waals surface area contributed by atoms with Gasteiger partial charge in [-0.05, 0) is 6.92 Å². The maximum absolute atomic E-state index is 11.9. The number of rotatable bonds is 6. The van der Waals surface area contributed by atoms with Gasteiger partial charge in [0.15, 0.2) is 0 Å². The van der Waals surface area contributed by atoms with Gasteiger partial charge in [0.1, 0.15) is 5.82 Å². The monoisotopic (exact) mass is 295 g/mol. The van der Waals surface area contributed by atoms with Gasteiger partial charge >= 0.3 is 6.03 Å². The second kappa shape index (κ2) is 7.99. The van der Waals surface area contributed by atoms with E-state index < -0.39 is 0 Å². The molecule has 2 rings (SSSR count). The molecule has 1 N–H and O–H groups in total. The molecule has 0 saturated carbocycles. The molecule has 7 nitrogen and oxygen atoms in total. The molecule has 0 unspecified atom stereocenters. The quantitative estimate of drug-likeness (QED) is 0.760. The van der Waals surface area contributed by atoms with Gasteiger partial charge in [0.05, 0.1) is 6.61 Å². The number of carbonyl (C=O) groups is 1. The molecule has 1 aliphatic heterocycles. The predicted octanol–water partition coefficient (Wildman–Crippen LogP) is 0.165. The number of aromatic nitrogens is 2. The number of aryl methyl sites for hydroxylation is 1. The van der Waals surface area contributed by atoms with Crippen molar-refractivity contribution >= 4 is 6.03 Å². The Hall–Kier alpha value is -1.60. The van der Waals surface area contributed by atoms with Crippen LogP contribution in [0.3, 0.4) is 0 Å². The minimum Gasteiger partial charge on any atom is -0.383 e. The highest BCUT2D eigenvalue weighted by Crippen LogP contribution is 2.03. The van der Waals surface area contributed by atoms with E-state index in [1.54, 1.807) is 7.11 Å². The Balaban J connectivity index is 1.66. The molecule has 0 atom stereocenters. The number of imidazole rings is 1. The summed E-state index contributed by atoms with van der Waals surface area (Å²) in [5.41, 5.74) is 0. The van der Waals surface area contributed by atoms with Crippen molar-refractivity contribution in [3.8, 4) is 0 Å². The van der Waals surface area contributed by atoms with Crippen molar-refractivity contribution in [3.63, 3.8) is 0 Å². The fraction of sp³-hybridized carbons (Fsp3) is 0.714. The Kier molecular flexibility index (Phi) is 6.01. The summed E-state index contributed by atoms with van der Waals surface area (Å²) in [6.45, 7) is 8.48. The molecule has 118 valence electrons. The number of hydrogen-bond acceptors (Lipinski definition) is 4. The number of carbonyl (C=O) groups excluding carboxylic acids is 1. The largest absolute Gasteiger partial charge is 0.383 e. The molecule has 1 aromatic heterocycles. The van der Waals surface area contributed by atoms with Crippen LogP contribution in [-0.4, -0.2) is 78.4 Å². The van der Waals surface area contributed by atoms with Crippen LogP contribution >= 0.6 is 0 Å². The Labute approximate surface area is 125 Å². The molecule has 0 bridgehead atoms. The lowest BCUT2D eigenvalue weighted by molar-refractivity contribution is 0.133. The third-order valence-corrected chi connectivity index (χ3v) is 3.82. The summed E-state index contributed by atoms with van der Waals surface area (Å²) >= 11 is 0. The summed E-state index contributed by atoms with van der Waals surface area (Å²) in [7, 11) is 1.63. The van der Waals surface area contributed by atoms with Gasteiger partial charge in [-0.1, -0.05) is 0 Å². The number of piperazine rings is 1. The molecule has 2 amide bonds. The van der Waals surface area contributed by atoms with Crippen molar-refractivity contribution in [1.29, 1.82) is 0 Å². The number of hydrogen-bond donors (Lipinski definition) is 1. The van der Waals surface area contributed by atoms with Crippen LogP contribution < -0.4 is 5.32 Å². The van der Waals surface area contributed by atoms with Crippen molar-refractivity contribution in [1.82, 2.24) is 24.7 Å². The van der Waals surface area contributed by atoms with E-state index in [-0.39, 0.29) is 6.03 Å². The summed E-state index contributed by atoms with van der Waals surface area (Å²) < 4.78 is 7.08. The molecule has 0 aliphatic carbocycles. The Morgan fingerprint density at radius 2 is 2.10 bits per heavy atom. The highest BCUT2D eigenvalue weighted by atomic mass is 16.5. The first-order chi connectivity index (χ1) is 10.2. The standard InChI is InChI=1S/C14H25N5O2/c1-13-15-3-5-18(13)9-6-17-7-10-19(11-8-17)14(20)16-4-12-21-2/h3,5H,4,6-12H2,1-2H3,(H,16,20). The zero-order chi connectivity index (χ0) is 15.1. The molecule has 2 heterocycles.